The van der Waals surface area contributed by atoms with E-state index in [1.807, 2.05) is 36.4 Å². The second-order valence-corrected chi connectivity index (χ2v) is 8.30. The maximum atomic E-state index is 13.4. The van der Waals surface area contributed by atoms with Crippen LogP contribution < -0.4 is 10.1 Å². The topological polar surface area (TPSA) is 80.8 Å². The zero-order valence-corrected chi connectivity index (χ0v) is 19.5. The first-order valence-corrected chi connectivity index (χ1v) is 11.4. The van der Waals surface area contributed by atoms with Gasteiger partial charge in [0.05, 0.1) is 25.0 Å². The summed E-state index contributed by atoms with van der Waals surface area (Å²) in [5, 5.41) is 4.06. The zero-order valence-electron chi connectivity index (χ0n) is 19.5. The summed E-state index contributed by atoms with van der Waals surface area (Å²) in [6.45, 7) is 0.610. The van der Waals surface area contributed by atoms with Gasteiger partial charge in [-0.15, -0.1) is 0 Å². The number of benzene rings is 2. The molecule has 0 spiro atoms. The number of nitrogens with zero attached hydrogens (tertiary/aromatic N) is 2. The molecular weight excluding hydrogens is 430 g/mol. The van der Waals surface area contributed by atoms with Crippen LogP contribution in [0.25, 0.3) is 11.3 Å². The number of hydroxylamine groups is 2. The highest BCUT2D eigenvalue weighted by molar-refractivity contribution is 6.02. The van der Waals surface area contributed by atoms with Gasteiger partial charge in [-0.2, -0.15) is 0 Å². The van der Waals surface area contributed by atoms with E-state index in [9.17, 15) is 9.59 Å². The van der Waals surface area contributed by atoms with E-state index in [0.717, 1.165) is 41.2 Å². The molecule has 4 rings (SSSR count). The first-order valence-electron chi connectivity index (χ1n) is 11.4. The molecule has 1 aliphatic heterocycles. The highest BCUT2D eigenvalue weighted by atomic mass is 16.7. The third-order valence-electron chi connectivity index (χ3n) is 5.91. The van der Waals surface area contributed by atoms with E-state index >= 15 is 0 Å². The minimum absolute atomic E-state index is 0.333. The molecule has 0 saturated heterocycles. The van der Waals surface area contributed by atoms with Crippen LogP contribution in [0.4, 0.5) is 0 Å². The first-order chi connectivity index (χ1) is 16.5. The summed E-state index contributed by atoms with van der Waals surface area (Å²) < 4.78 is 5.96. The molecule has 3 aromatic rings. The summed E-state index contributed by atoms with van der Waals surface area (Å²) in [5.74, 6) is 0.0216. The molecular formula is C27H29N3O4. The van der Waals surface area contributed by atoms with E-state index in [1.54, 1.807) is 18.3 Å². The Morgan fingerprint density at radius 2 is 1.91 bits per heavy atom. The number of hydrogen-bond acceptors (Lipinski definition) is 5. The molecule has 2 aromatic carbocycles. The molecule has 1 N–H and O–H groups in total. The summed E-state index contributed by atoms with van der Waals surface area (Å²) in [6, 6.07) is 18.3. The summed E-state index contributed by atoms with van der Waals surface area (Å²) >= 11 is 0. The van der Waals surface area contributed by atoms with Crippen molar-refractivity contribution in [2.75, 3.05) is 20.8 Å². The van der Waals surface area contributed by atoms with E-state index < -0.39 is 6.04 Å². The number of nitrogens with one attached hydrogen (secondary N) is 1. The molecule has 0 radical (unpaired) electrons. The van der Waals surface area contributed by atoms with Gasteiger partial charge in [0, 0.05) is 25.2 Å². The van der Waals surface area contributed by atoms with E-state index in [-0.39, 0.29) is 11.8 Å². The van der Waals surface area contributed by atoms with Crippen LogP contribution in [0.3, 0.4) is 0 Å². The third-order valence-corrected chi connectivity index (χ3v) is 5.91. The molecule has 2 amide bonds. The van der Waals surface area contributed by atoms with Crippen molar-refractivity contribution in [3.63, 3.8) is 0 Å². The van der Waals surface area contributed by atoms with Crippen LogP contribution in [-0.2, 0) is 22.5 Å². The molecule has 1 atom stereocenters. The number of aromatic nitrogens is 1. The van der Waals surface area contributed by atoms with Gasteiger partial charge >= 0.3 is 0 Å². The number of carbonyl (C=O) groups is 2. The quantitative estimate of drug-likeness (QED) is 0.589. The normalized spacial score (nSPS) is 16.4. The number of ether oxygens (including phenoxy) is 1. The van der Waals surface area contributed by atoms with Crippen LogP contribution in [0.1, 0.15) is 34.3 Å². The van der Waals surface area contributed by atoms with Crippen LogP contribution >= 0.6 is 0 Å². The highest BCUT2D eigenvalue weighted by Gasteiger charge is 2.26. The van der Waals surface area contributed by atoms with Gasteiger partial charge < -0.3 is 10.1 Å². The molecule has 176 valence electrons. The average molecular weight is 460 g/mol. The number of fused-ring (bicyclic) bond motifs is 6. The van der Waals surface area contributed by atoms with Gasteiger partial charge in [-0.3, -0.25) is 19.4 Å². The number of carbonyl (C=O) groups excluding carboxylic acids is 2. The standard InChI is InChI=1S/C27H29N3O4/c1-30(33-2)27(32)24-17-20-10-5-9-19(16-20)8-3-4-15-34-22-12-6-11-21(18-22)25-23(26(31)29-24)13-7-14-28-25/h5-7,9-14,16,18,24H,3-4,8,15,17H2,1-2H3,(H,29,31). The molecule has 0 fully saturated rings. The lowest BCUT2D eigenvalue weighted by Gasteiger charge is -2.23. The molecule has 1 unspecified atom stereocenters. The Balaban J connectivity index is 1.74. The number of hydrogen-bond donors (Lipinski definition) is 1. The van der Waals surface area contributed by atoms with Crippen LogP contribution in [-0.4, -0.2) is 48.7 Å². The van der Waals surface area contributed by atoms with Crippen LogP contribution in [0, 0.1) is 0 Å². The Morgan fingerprint density at radius 1 is 1.09 bits per heavy atom. The predicted octanol–water partition coefficient (Wildman–Crippen LogP) is 3.82. The van der Waals surface area contributed by atoms with Crippen molar-refractivity contribution in [3.05, 3.63) is 83.6 Å². The number of aryl methyl sites for hydroxylation is 1. The average Bonchev–Trinajstić information content (AvgIpc) is 2.87. The van der Waals surface area contributed by atoms with E-state index in [0.29, 0.717) is 24.3 Å². The van der Waals surface area contributed by atoms with Gasteiger partial charge in [-0.25, -0.2) is 5.06 Å². The largest absolute Gasteiger partial charge is 0.494 e. The number of rotatable bonds is 2. The minimum Gasteiger partial charge on any atom is -0.494 e. The zero-order chi connectivity index (χ0) is 23.9. The molecule has 1 aliphatic rings. The van der Waals surface area contributed by atoms with Crippen LogP contribution in [0.2, 0.25) is 0 Å². The Labute approximate surface area is 199 Å². The fourth-order valence-electron chi connectivity index (χ4n) is 4.07. The van der Waals surface area contributed by atoms with Gasteiger partial charge in [0.1, 0.15) is 11.8 Å². The fraction of sp³-hybridized carbons (Fsp3) is 0.296. The van der Waals surface area contributed by atoms with Gasteiger partial charge in [-0.1, -0.05) is 36.4 Å². The van der Waals surface area contributed by atoms with Crippen molar-refractivity contribution < 1.29 is 19.2 Å². The monoisotopic (exact) mass is 459 g/mol. The van der Waals surface area contributed by atoms with Gasteiger partial charge in [0.2, 0.25) is 0 Å². The molecule has 34 heavy (non-hydrogen) atoms. The van der Waals surface area contributed by atoms with E-state index in [2.05, 4.69) is 22.4 Å². The Morgan fingerprint density at radius 3 is 2.76 bits per heavy atom. The van der Waals surface area contributed by atoms with Crippen molar-refractivity contribution in [3.8, 4) is 17.0 Å². The van der Waals surface area contributed by atoms with Crippen LogP contribution in [0.5, 0.6) is 5.75 Å². The molecule has 1 aromatic heterocycles. The minimum atomic E-state index is -0.800. The van der Waals surface area contributed by atoms with Crippen molar-refractivity contribution >= 4 is 11.8 Å². The molecule has 2 heterocycles. The Kier molecular flexibility index (Phi) is 7.54. The maximum absolute atomic E-state index is 13.4. The third kappa shape index (κ3) is 5.61. The van der Waals surface area contributed by atoms with Crippen LogP contribution in [0.15, 0.2) is 66.9 Å². The SMILES string of the molecule is CON(C)C(=O)C1Cc2cccc(c2)CCCCOc2cccc(c2)-c2ncccc2C(=O)N1. The summed E-state index contributed by atoms with van der Waals surface area (Å²) in [4.78, 5) is 36.1. The summed E-state index contributed by atoms with van der Waals surface area (Å²) in [7, 11) is 2.96. The van der Waals surface area contributed by atoms with Crippen molar-refractivity contribution in [1.82, 2.24) is 15.4 Å². The predicted molar refractivity (Wildman–Crippen MR) is 129 cm³/mol. The molecule has 0 aliphatic carbocycles. The van der Waals surface area contributed by atoms with Crippen molar-refractivity contribution in [2.24, 2.45) is 0 Å². The van der Waals surface area contributed by atoms with E-state index in [1.165, 1.54) is 19.7 Å². The summed E-state index contributed by atoms with van der Waals surface area (Å²) in [5.41, 5.74) is 3.85. The Hall–Kier alpha value is -3.71. The molecule has 7 heteroatoms. The maximum Gasteiger partial charge on any atom is 0.268 e. The molecule has 7 nitrogen and oxygen atoms in total. The lowest BCUT2D eigenvalue weighted by molar-refractivity contribution is -0.170. The number of pyridine rings is 1. The van der Waals surface area contributed by atoms with Crippen molar-refractivity contribution in [2.45, 2.75) is 31.7 Å². The number of amides is 2. The Bertz CT molecular complexity index is 1160. The van der Waals surface area contributed by atoms with Crippen molar-refractivity contribution in [1.29, 1.82) is 0 Å². The smallest absolute Gasteiger partial charge is 0.268 e. The van der Waals surface area contributed by atoms with Gasteiger partial charge in [-0.05, 0) is 54.7 Å². The van der Waals surface area contributed by atoms with Gasteiger partial charge in [0.25, 0.3) is 11.8 Å². The first kappa shape index (κ1) is 23.4. The van der Waals surface area contributed by atoms with Gasteiger partial charge in [0.15, 0.2) is 0 Å². The number of likely N-dealkylation sites (N-methyl/N-ethyl adjacent to an activating group) is 1. The fourth-order valence-corrected chi connectivity index (χ4v) is 4.07. The second-order valence-electron chi connectivity index (χ2n) is 8.30. The lowest BCUT2D eigenvalue weighted by atomic mass is 9.99. The highest BCUT2D eigenvalue weighted by Crippen LogP contribution is 2.26. The van der Waals surface area contributed by atoms with E-state index in [4.69, 9.17) is 9.57 Å². The summed E-state index contributed by atoms with van der Waals surface area (Å²) in [6.07, 6.45) is 4.81. The molecule has 4 bridgehead atoms. The lowest BCUT2D eigenvalue weighted by Crippen LogP contribution is -2.48. The second kappa shape index (κ2) is 10.9. The molecule has 0 saturated carbocycles.